The number of guanidine groups is 1. The van der Waals surface area contributed by atoms with Gasteiger partial charge in [-0.2, -0.15) is 0 Å². The van der Waals surface area contributed by atoms with Crippen LogP contribution in [0.25, 0.3) is 0 Å². The van der Waals surface area contributed by atoms with Gasteiger partial charge in [0.1, 0.15) is 5.75 Å². The number of methoxy groups -OCH3 is 1. The summed E-state index contributed by atoms with van der Waals surface area (Å²) in [5.41, 5.74) is 0.805. The highest BCUT2D eigenvalue weighted by Gasteiger charge is 2.32. The smallest absolute Gasteiger partial charge is 0.225 e. The number of benzene rings is 1. The third-order valence-electron chi connectivity index (χ3n) is 5.81. The van der Waals surface area contributed by atoms with Crippen LogP contribution in [0.3, 0.4) is 0 Å². The van der Waals surface area contributed by atoms with Crippen LogP contribution in [0.1, 0.15) is 50.7 Å². The first kappa shape index (κ1) is 21.4. The summed E-state index contributed by atoms with van der Waals surface area (Å²) >= 11 is 0. The molecule has 3 N–H and O–H groups in total. The van der Waals surface area contributed by atoms with Gasteiger partial charge in [0.25, 0.3) is 0 Å². The molecule has 7 nitrogen and oxygen atoms in total. The number of ether oxygens (including phenoxy) is 1. The monoisotopic (exact) mass is 402 g/mol. The molecule has 0 spiro atoms. The summed E-state index contributed by atoms with van der Waals surface area (Å²) in [5, 5.41) is 17.1. The second-order valence-electron chi connectivity index (χ2n) is 7.90. The summed E-state index contributed by atoms with van der Waals surface area (Å²) in [7, 11) is 1.62. The standard InChI is InChI=1S/C22H34N4O3/c1-3-23-22(24-14-20(27)16-8-10-19(29-2)11-9-16)25-18-12-13-26(15-18)21(28)17-6-4-5-7-17/h8-11,17-18,20,27H,3-7,12-15H2,1-2H3,(H2,23,24,25). The minimum Gasteiger partial charge on any atom is -0.497 e. The molecule has 0 aromatic heterocycles. The molecule has 1 amide bonds. The van der Waals surface area contributed by atoms with E-state index in [1.54, 1.807) is 7.11 Å². The number of aliphatic hydroxyl groups excluding tert-OH is 1. The summed E-state index contributed by atoms with van der Waals surface area (Å²) < 4.78 is 5.15. The lowest BCUT2D eigenvalue weighted by Crippen LogP contribution is -2.45. The van der Waals surface area contributed by atoms with Crippen LogP contribution in [-0.4, -0.2) is 61.2 Å². The average molecular weight is 403 g/mol. The normalized spacial score (nSPS) is 21.3. The van der Waals surface area contributed by atoms with E-state index < -0.39 is 6.10 Å². The zero-order valence-electron chi connectivity index (χ0n) is 17.6. The zero-order valence-corrected chi connectivity index (χ0v) is 17.6. The van der Waals surface area contributed by atoms with Crippen molar-refractivity contribution in [2.75, 3.05) is 33.3 Å². The summed E-state index contributed by atoms with van der Waals surface area (Å²) in [6.45, 7) is 4.55. The Morgan fingerprint density at radius 1 is 1.28 bits per heavy atom. The van der Waals surface area contributed by atoms with Gasteiger partial charge in [0.2, 0.25) is 5.91 Å². The largest absolute Gasteiger partial charge is 0.497 e. The highest BCUT2D eigenvalue weighted by atomic mass is 16.5. The maximum Gasteiger partial charge on any atom is 0.225 e. The highest BCUT2D eigenvalue weighted by molar-refractivity contribution is 5.81. The Bertz CT molecular complexity index is 686. The highest BCUT2D eigenvalue weighted by Crippen LogP contribution is 2.27. The van der Waals surface area contributed by atoms with E-state index in [2.05, 4.69) is 15.6 Å². The fraction of sp³-hybridized carbons (Fsp3) is 0.636. The molecule has 160 valence electrons. The van der Waals surface area contributed by atoms with Crippen molar-refractivity contribution in [3.8, 4) is 5.75 Å². The van der Waals surface area contributed by atoms with E-state index in [0.29, 0.717) is 11.9 Å². The van der Waals surface area contributed by atoms with Gasteiger partial charge in [0.15, 0.2) is 5.96 Å². The van der Waals surface area contributed by atoms with E-state index in [4.69, 9.17) is 4.74 Å². The maximum absolute atomic E-state index is 12.6. The topological polar surface area (TPSA) is 86.2 Å². The second-order valence-corrected chi connectivity index (χ2v) is 7.90. The maximum atomic E-state index is 12.6. The molecule has 2 fully saturated rings. The first-order valence-corrected chi connectivity index (χ1v) is 10.8. The van der Waals surface area contributed by atoms with Gasteiger partial charge in [-0.15, -0.1) is 0 Å². The number of carbonyl (C=O) groups excluding carboxylic acids is 1. The van der Waals surface area contributed by atoms with Crippen LogP contribution in [0.2, 0.25) is 0 Å². The zero-order chi connectivity index (χ0) is 20.6. The van der Waals surface area contributed by atoms with Gasteiger partial charge >= 0.3 is 0 Å². The molecule has 2 aliphatic rings. The van der Waals surface area contributed by atoms with E-state index in [-0.39, 0.29) is 18.5 Å². The molecule has 29 heavy (non-hydrogen) atoms. The van der Waals surface area contributed by atoms with Crippen LogP contribution in [0, 0.1) is 5.92 Å². The third kappa shape index (κ3) is 5.85. The number of hydrogen-bond donors (Lipinski definition) is 3. The van der Waals surface area contributed by atoms with E-state index in [1.165, 1.54) is 12.8 Å². The van der Waals surface area contributed by atoms with Crippen LogP contribution in [0.15, 0.2) is 29.3 Å². The Morgan fingerprint density at radius 3 is 2.66 bits per heavy atom. The Hall–Kier alpha value is -2.28. The number of aliphatic hydroxyl groups is 1. The molecule has 1 aliphatic heterocycles. The van der Waals surface area contributed by atoms with Crippen LogP contribution in [-0.2, 0) is 4.79 Å². The molecule has 1 aromatic carbocycles. The quantitative estimate of drug-likeness (QED) is 0.480. The molecule has 1 saturated carbocycles. The van der Waals surface area contributed by atoms with Gasteiger partial charge in [0.05, 0.1) is 19.8 Å². The molecule has 1 aromatic rings. The minimum atomic E-state index is -0.680. The number of amides is 1. The Balaban J connectivity index is 1.52. The van der Waals surface area contributed by atoms with Crippen LogP contribution in [0.5, 0.6) is 5.75 Å². The number of nitrogens with zero attached hydrogens (tertiary/aromatic N) is 2. The van der Waals surface area contributed by atoms with E-state index in [0.717, 1.165) is 50.2 Å². The molecule has 3 rings (SSSR count). The summed E-state index contributed by atoms with van der Waals surface area (Å²) in [6.07, 6.45) is 4.69. The van der Waals surface area contributed by atoms with Gasteiger partial charge in [0, 0.05) is 31.6 Å². The first-order chi connectivity index (χ1) is 14.1. The number of rotatable bonds is 7. The summed E-state index contributed by atoms with van der Waals surface area (Å²) in [4.78, 5) is 19.2. The van der Waals surface area contributed by atoms with Crippen molar-refractivity contribution >= 4 is 11.9 Å². The molecule has 1 saturated heterocycles. The molecule has 2 atom stereocenters. The van der Waals surface area contributed by atoms with E-state index >= 15 is 0 Å². The molecule has 0 radical (unpaired) electrons. The van der Waals surface area contributed by atoms with Crippen LogP contribution in [0.4, 0.5) is 0 Å². The fourth-order valence-corrected chi connectivity index (χ4v) is 4.13. The number of hydrogen-bond acceptors (Lipinski definition) is 4. The van der Waals surface area contributed by atoms with Crippen molar-refractivity contribution in [2.24, 2.45) is 10.9 Å². The van der Waals surface area contributed by atoms with Crippen molar-refractivity contribution in [1.82, 2.24) is 15.5 Å². The average Bonchev–Trinajstić information content (AvgIpc) is 3.44. The van der Waals surface area contributed by atoms with E-state index in [1.807, 2.05) is 36.1 Å². The molecular weight excluding hydrogens is 368 g/mol. The van der Waals surface area contributed by atoms with E-state index in [9.17, 15) is 9.90 Å². The van der Waals surface area contributed by atoms with Gasteiger partial charge in [-0.25, -0.2) is 0 Å². The van der Waals surface area contributed by atoms with Crippen molar-refractivity contribution < 1.29 is 14.6 Å². The number of likely N-dealkylation sites (tertiary alicyclic amines) is 1. The van der Waals surface area contributed by atoms with Crippen molar-refractivity contribution in [2.45, 2.75) is 51.2 Å². The SMILES string of the molecule is CCNC(=NCC(O)c1ccc(OC)cc1)NC1CCN(C(=O)C2CCCC2)C1. The summed E-state index contributed by atoms with van der Waals surface area (Å²) in [6, 6.07) is 7.56. The number of carbonyl (C=O) groups is 1. The minimum absolute atomic E-state index is 0.191. The van der Waals surface area contributed by atoms with Gasteiger partial charge in [-0.05, 0) is 43.9 Å². The number of aliphatic imine (C=N–C) groups is 1. The predicted octanol–water partition coefficient (Wildman–Crippen LogP) is 2.07. The lowest BCUT2D eigenvalue weighted by Gasteiger charge is -2.21. The van der Waals surface area contributed by atoms with Gasteiger partial charge < -0.3 is 25.4 Å². The van der Waals surface area contributed by atoms with Crippen molar-refractivity contribution in [3.05, 3.63) is 29.8 Å². The Labute approximate surface area is 173 Å². The Morgan fingerprint density at radius 2 is 2.00 bits per heavy atom. The lowest BCUT2D eigenvalue weighted by molar-refractivity contribution is -0.134. The Kier molecular flexibility index (Phi) is 7.75. The molecule has 7 heteroatoms. The van der Waals surface area contributed by atoms with Crippen molar-refractivity contribution in [3.63, 3.8) is 0 Å². The fourth-order valence-electron chi connectivity index (χ4n) is 4.13. The molecule has 1 heterocycles. The van der Waals surface area contributed by atoms with Crippen LogP contribution < -0.4 is 15.4 Å². The molecule has 2 unspecified atom stereocenters. The summed E-state index contributed by atoms with van der Waals surface area (Å²) in [5.74, 6) is 2.00. The molecule has 0 bridgehead atoms. The van der Waals surface area contributed by atoms with Crippen molar-refractivity contribution in [1.29, 1.82) is 0 Å². The lowest BCUT2D eigenvalue weighted by atomic mass is 10.1. The van der Waals surface area contributed by atoms with Gasteiger partial charge in [-0.1, -0.05) is 25.0 Å². The third-order valence-corrected chi connectivity index (χ3v) is 5.81. The molecule has 1 aliphatic carbocycles. The van der Waals surface area contributed by atoms with Crippen LogP contribution >= 0.6 is 0 Å². The second kappa shape index (κ2) is 10.5. The predicted molar refractivity (Wildman–Crippen MR) is 114 cm³/mol. The number of nitrogens with one attached hydrogen (secondary N) is 2. The first-order valence-electron chi connectivity index (χ1n) is 10.8. The molecular formula is C22H34N4O3. The van der Waals surface area contributed by atoms with Gasteiger partial charge in [-0.3, -0.25) is 9.79 Å².